The van der Waals surface area contributed by atoms with Crippen molar-refractivity contribution in [3.63, 3.8) is 0 Å². The number of rotatable bonds is 20. The van der Waals surface area contributed by atoms with Crippen LogP contribution < -0.4 is 50.4 Å². The maximum absolute atomic E-state index is 13.3. The Bertz CT molecular complexity index is 842. The highest BCUT2D eigenvalue weighted by Gasteiger charge is 2.31. The molecule has 0 spiro atoms. The third-order valence-electron chi connectivity index (χ3n) is 5.69. The summed E-state index contributed by atoms with van der Waals surface area (Å²) in [6.45, 7) is 4.15. The van der Waals surface area contributed by atoms with Crippen molar-refractivity contribution in [2.75, 3.05) is 19.6 Å². The molecule has 0 aromatic heterocycles. The van der Waals surface area contributed by atoms with Gasteiger partial charge in [-0.05, 0) is 51.0 Å². The van der Waals surface area contributed by atoms with Gasteiger partial charge in [0, 0.05) is 13.1 Å². The summed E-state index contributed by atoms with van der Waals surface area (Å²) in [4.78, 5) is 58.3. The van der Waals surface area contributed by atoms with Crippen molar-refractivity contribution >= 4 is 35.6 Å². The Kier molecular flexibility index (Phi) is 17.6. The average molecular weight is 558 g/mol. The summed E-state index contributed by atoms with van der Waals surface area (Å²) in [5, 5.41) is 17.2. The Morgan fingerprint density at radius 2 is 1.18 bits per heavy atom. The minimum atomic E-state index is -1.21. The first-order valence-electron chi connectivity index (χ1n) is 13.0. The van der Waals surface area contributed by atoms with Crippen LogP contribution >= 0.6 is 0 Å². The lowest BCUT2D eigenvalue weighted by Crippen LogP contribution is -2.57. The summed E-state index contributed by atoms with van der Waals surface area (Å²) < 4.78 is 0. The van der Waals surface area contributed by atoms with Crippen LogP contribution in [0.5, 0.6) is 0 Å². The first-order chi connectivity index (χ1) is 18.3. The Morgan fingerprint density at radius 1 is 0.718 bits per heavy atom. The van der Waals surface area contributed by atoms with Gasteiger partial charge in [-0.1, -0.05) is 20.3 Å². The zero-order valence-electron chi connectivity index (χ0n) is 22.9. The number of hydrogen-bond donors (Lipinski definition) is 10. The molecule has 0 bridgehead atoms. The third-order valence-corrected chi connectivity index (χ3v) is 5.69. The molecular weight excluding hydrogens is 510 g/mol. The minimum Gasteiger partial charge on any atom is -0.480 e. The number of aliphatic imine (C=N–C) groups is 2. The van der Waals surface area contributed by atoms with Crippen LogP contribution in [0.3, 0.4) is 0 Å². The number of amides is 3. The summed E-state index contributed by atoms with van der Waals surface area (Å²) >= 11 is 0. The van der Waals surface area contributed by atoms with Gasteiger partial charge in [-0.25, -0.2) is 4.79 Å². The van der Waals surface area contributed by atoms with Crippen LogP contribution in [0.15, 0.2) is 9.98 Å². The summed E-state index contributed by atoms with van der Waals surface area (Å²) in [5.41, 5.74) is 32.8. The molecule has 0 saturated heterocycles. The highest BCUT2D eigenvalue weighted by Crippen LogP contribution is 2.08. The quantitative estimate of drug-likeness (QED) is 0.0402. The predicted molar refractivity (Wildman–Crippen MR) is 149 cm³/mol. The van der Waals surface area contributed by atoms with Gasteiger partial charge in [0.2, 0.25) is 17.7 Å². The van der Waals surface area contributed by atoms with Crippen molar-refractivity contribution in [2.45, 2.75) is 83.0 Å². The standard InChI is InChI=1S/C23H47N11O5/c1-13(2)17(21(38)39)34-20(37)16(9-6-12-31-23(28)29)33-19(36)15(8-5-11-30-22(26)27)32-18(35)14(25)7-3-4-10-24/h13-17H,3-12,24-25H2,1-2H3,(H,32,35)(H,33,36)(H,34,37)(H,38,39)(H4,26,27,30)(H4,28,29,31). The number of carboxylic acid groups (broad SMARTS) is 1. The van der Waals surface area contributed by atoms with E-state index in [9.17, 15) is 24.3 Å². The van der Waals surface area contributed by atoms with Crippen LogP contribution in [0.4, 0.5) is 0 Å². The van der Waals surface area contributed by atoms with Crippen molar-refractivity contribution in [1.82, 2.24) is 16.0 Å². The van der Waals surface area contributed by atoms with E-state index in [0.717, 1.165) is 0 Å². The number of nitrogens with one attached hydrogen (secondary N) is 3. The second-order valence-electron chi connectivity index (χ2n) is 9.48. The van der Waals surface area contributed by atoms with Crippen molar-refractivity contribution < 1.29 is 24.3 Å². The monoisotopic (exact) mass is 557 g/mol. The van der Waals surface area contributed by atoms with Gasteiger partial charge in [0.25, 0.3) is 0 Å². The second kappa shape index (κ2) is 19.4. The van der Waals surface area contributed by atoms with E-state index >= 15 is 0 Å². The first-order valence-corrected chi connectivity index (χ1v) is 13.0. The summed E-state index contributed by atoms with van der Waals surface area (Å²) in [6, 6.07) is -4.20. The fourth-order valence-electron chi connectivity index (χ4n) is 3.50. The zero-order valence-corrected chi connectivity index (χ0v) is 22.9. The van der Waals surface area contributed by atoms with Crippen LogP contribution in [-0.4, -0.2) is 84.5 Å². The van der Waals surface area contributed by atoms with Gasteiger partial charge in [0.1, 0.15) is 18.1 Å². The number of nitrogens with zero attached hydrogens (tertiary/aromatic N) is 2. The molecule has 0 radical (unpaired) electrons. The Labute approximate surface area is 229 Å². The van der Waals surface area contributed by atoms with E-state index in [0.29, 0.717) is 38.6 Å². The maximum atomic E-state index is 13.3. The maximum Gasteiger partial charge on any atom is 0.326 e. The number of carbonyl (C=O) groups excluding carboxylic acids is 3. The van der Waals surface area contributed by atoms with E-state index in [4.69, 9.17) is 34.4 Å². The molecule has 0 aliphatic rings. The van der Waals surface area contributed by atoms with Crippen LogP contribution in [0.25, 0.3) is 0 Å². The second-order valence-corrected chi connectivity index (χ2v) is 9.48. The van der Waals surface area contributed by atoms with Crippen molar-refractivity contribution in [1.29, 1.82) is 0 Å². The number of unbranched alkanes of at least 4 members (excludes halogenated alkanes) is 1. The fraction of sp³-hybridized carbons (Fsp3) is 0.739. The molecule has 16 heteroatoms. The molecule has 0 rings (SSSR count). The third kappa shape index (κ3) is 16.0. The summed E-state index contributed by atoms with van der Waals surface area (Å²) in [6.07, 6.45) is 2.63. The van der Waals surface area contributed by atoms with E-state index < -0.39 is 53.8 Å². The molecule has 3 amide bonds. The highest BCUT2D eigenvalue weighted by atomic mass is 16.4. The Hall–Kier alpha value is -3.66. The largest absolute Gasteiger partial charge is 0.480 e. The number of aliphatic carboxylic acids is 1. The van der Waals surface area contributed by atoms with E-state index in [1.807, 2.05) is 0 Å². The number of guanidine groups is 2. The molecule has 0 saturated carbocycles. The van der Waals surface area contributed by atoms with E-state index in [1.165, 1.54) is 0 Å². The van der Waals surface area contributed by atoms with E-state index in [1.54, 1.807) is 13.8 Å². The van der Waals surface area contributed by atoms with E-state index in [-0.39, 0.29) is 37.9 Å². The number of nitrogens with two attached hydrogens (primary N) is 6. The normalized spacial score (nSPS) is 13.9. The van der Waals surface area contributed by atoms with Crippen LogP contribution in [0.2, 0.25) is 0 Å². The number of hydrogen-bond acceptors (Lipinski definition) is 8. The van der Waals surface area contributed by atoms with Crippen molar-refractivity contribution in [3.8, 4) is 0 Å². The smallest absolute Gasteiger partial charge is 0.326 e. The highest BCUT2D eigenvalue weighted by molar-refractivity contribution is 5.94. The van der Waals surface area contributed by atoms with Crippen LogP contribution in [-0.2, 0) is 19.2 Å². The molecule has 0 aromatic rings. The molecule has 39 heavy (non-hydrogen) atoms. The zero-order chi connectivity index (χ0) is 30.0. The van der Waals surface area contributed by atoms with Gasteiger partial charge >= 0.3 is 5.97 Å². The molecule has 0 aromatic carbocycles. The first kappa shape index (κ1) is 35.3. The molecule has 0 aliphatic carbocycles. The van der Waals surface area contributed by atoms with E-state index in [2.05, 4.69) is 25.9 Å². The van der Waals surface area contributed by atoms with Gasteiger partial charge in [0.15, 0.2) is 11.9 Å². The Morgan fingerprint density at radius 3 is 1.59 bits per heavy atom. The van der Waals surface area contributed by atoms with Crippen molar-refractivity contribution in [3.05, 3.63) is 0 Å². The van der Waals surface area contributed by atoms with Crippen LogP contribution in [0, 0.1) is 5.92 Å². The van der Waals surface area contributed by atoms with Gasteiger partial charge < -0.3 is 55.5 Å². The lowest BCUT2D eigenvalue weighted by atomic mass is 10.0. The predicted octanol–water partition coefficient (Wildman–Crippen LogP) is -3.26. The van der Waals surface area contributed by atoms with Gasteiger partial charge in [-0.15, -0.1) is 0 Å². The molecule has 16 N–H and O–H groups in total. The summed E-state index contributed by atoms with van der Waals surface area (Å²) in [5.74, 6) is -3.74. The molecule has 224 valence electrons. The van der Waals surface area contributed by atoms with Gasteiger partial charge in [-0.3, -0.25) is 24.4 Å². The Balaban J connectivity index is 5.70. The molecule has 0 heterocycles. The molecule has 0 aliphatic heterocycles. The van der Waals surface area contributed by atoms with Gasteiger partial charge in [0.05, 0.1) is 6.04 Å². The van der Waals surface area contributed by atoms with Crippen molar-refractivity contribution in [2.24, 2.45) is 50.3 Å². The number of carboxylic acids is 1. The average Bonchev–Trinajstić information content (AvgIpc) is 2.84. The fourth-order valence-corrected chi connectivity index (χ4v) is 3.50. The number of carbonyl (C=O) groups is 4. The lowest BCUT2D eigenvalue weighted by Gasteiger charge is -2.26. The van der Waals surface area contributed by atoms with Gasteiger partial charge in [-0.2, -0.15) is 0 Å². The molecule has 4 atom stereocenters. The SMILES string of the molecule is CC(C)C(NC(=O)C(CCCN=C(N)N)NC(=O)C(CCCN=C(N)N)NC(=O)C(N)CCCCN)C(=O)O. The lowest BCUT2D eigenvalue weighted by molar-refractivity contribution is -0.143. The topological polar surface area (TPSA) is 305 Å². The molecule has 4 unspecified atom stereocenters. The molecule has 16 nitrogen and oxygen atoms in total. The van der Waals surface area contributed by atoms with Crippen LogP contribution in [0.1, 0.15) is 58.8 Å². The molecular formula is C23H47N11O5. The molecule has 0 fully saturated rings. The summed E-state index contributed by atoms with van der Waals surface area (Å²) in [7, 11) is 0. The minimum absolute atomic E-state index is 0.103.